The molecule has 1 aromatic carbocycles. The normalized spacial score (nSPS) is 18.3. The third kappa shape index (κ3) is 3.75. The van der Waals surface area contributed by atoms with Crippen LogP contribution in [-0.4, -0.2) is 55.8 Å². The number of nitrogens with zero attached hydrogens (tertiary/aromatic N) is 5. The zero-order chi connectivity index (χ0) is 24.0. The lowest BCUT2D eigenvalue weighted by atomic mass is 10.0. The lowest BCUT2D eigenvalue weighted by molar-refractivity contribution is -0.136. The number of nitrogens with one attached hydrogen (secondary N) is 1. The van der Waals surface area contributed by atoms with Crippen molar-refractivity contribution >= 4 is 17.7 Å². The maximum Gasteiger partial charge on any atom is 0.255 e. The van der Waals surface area contributed by atoms with Crippen LogP contribution in [0, 0.1) is 0 Å². The van der Waals surface area contributed by atoms with E-state index in [-0.39, 0.29) is 18.2 Å². The van der Waals surface area contributed by atoms with Crippen molar-refractivity contribution < 1.29 is 19.1 Å². The Kier molecular flexibility index (Phi) is 5.24. The average Bonchev–Trinajstić information content (AvgIpc) is 3.44. The summed E-state index contributed by atoms with van der Waals surface area (Å²) in [5.74, 6) is -0.322. The number of carbonyl (C=O) groups excluding carboxylic acids is 3. The Morgan fingerprint density at radius 3 is 2.74 bits per heavy atom. The van der Waals surface area contributed by atoms with Gasteiger partial charge in [-0.3, -0.25) is 19.7 Å². The fourth-order valence-electron chi connectivity index (χ4n) is 4.23. The summed E-state index contributed by atoms with van der Waals surface area (Å²) in [5, 5.41) is 10.8. The van der Waals surface area contributed by atoms with E-state index in [0.29, 0.717) is 30.0 Å². The first-order valence-corrected chi connectivity index (χ1v) is 11.0. The molecule has 2 aromatic heterocycles. The van der Waals surface area contributed by atoms with Crippen LogP contribution in [0.15, 0.2) is 42.6 Å². The summed E-state index contributed by atoms with van der Waals surface area (Å²) in [6.45, 7) is 4.18. The van der Waals surface area contributed by atoms with Crippen LogP contribution >= 0.6 is 0 Å². The highest BCUT2D eigenvalue weighted by molar-refractivity contribution is 6.05. The van der Waals surface area contributed by atoms with Crippen LogP contribution < -0.4 is 5.32 Å². The predicted molar refractivity (Wildman–Crippen MR) is 121 cm³/mol. The molecule has 1 unspecified atom stereocenters. The van der Waals surface area contributed by atoms with Gasteiger partial charge in [0.05, 0.1) is 11.9 Å². The molecule has 1 saturated heterocycles. The van der Waals surface area contributed by atoms with E-state index in [1.807, 2.05) is 44.2 Å². The number of fused-ring (bicyclic) bond motifs is 1. The Morgan fingerprint density at radius 2 is 1.97 bits per heavy atom. The lowest BCUT2D eigenvalue weighted by Gasteiger charge is -2.29. The van der Waals surface area contributed by atoms with Crippen LogP contribution in [0.5, 0.6) is 0 Å². The van der Waals surface area contributed by atoms with Gasteiger partial charge >= 0.3 is 0 Å². The van der Waals surface area contributed by atoms with Crippen molar-refractivity contribution in [3.05, 3.63) is 59.4 Å². The van der Waals surface area contributed by atoms with Crippen LogP contribution in [0.25, 0.3) is 17.1 Å². The summed E-state index contributed by atoms with van der Waals surface area (Å²) in [7, 11) is 1.64. The summed E-state index contributed by atoms with van der Waals surface area (Å²) in [5.41, 5.74) is 3.03. The van der Waals surface area contributed by atoms with Gasteiger partial charge in [-0.2, -0.15) is 0 Å². The van der Waals surface area contributed by atoms with Gasteiger partial charge in [-0.15, -0.1) is 5.10 Å². The van der Waals surface area contributed by atoms with Crippen molar-refractivity contribution in [2.75, 3.05) is 7.11 Å². The zero-order valence-electron chi connectivity index (χ0n) is 19.1. The third-order valence-electron chi connectivity index (χ3n) is 6.41. The van der Waals surface area contributed by atoms with Gasteiger partial charge in [0.2, 0.25) is 11.8 Å². The number of rotatable bonds is 5. The van der Waals surface area contributed by atoms with E-state index < -0.39 is 17.6 Å². The highest BCUT2D eigenvalue weighted by atomic mass is 16.5. The van der Waals surface area contributed by atoms with Gasteiger partial charge in [0.25, 0.3) is 5.91 Å². The highest BCUT2D eigenvalue weighted by Gasteiger charge is 2.39. The summed E-state index contributed by atoms with van der Waals surface area (Å²) < 4.78 is 7.12. The first-order chi connectivity index (χ1) is 16.3. The van der Waals surface area contributed by atoms with E-state index in [4.69, 9.17) is 4.74 Å². The number of benzene rings is 1. The molecule has 4 heterocycles. The molecule has 5 rings (SSSR count). The molecule has 10 heteroatoms. The van der Waals surface area contributed by atoms with Crippen molar-refractivity contribution in [3.8, 4) is 17.1 Å². The Labute approximate surface area is 195 Å². The maximum absolute atomic E-state index is 12.9. The minimum atomic E-state index is -0.642. The monoisotopic (exact) mass is 460 g/mol. The Bertz CT molecular complexity index is 1310. The maximum atomic E-state index is 12.9. The van der Waals surface area contributed by atoms with Gasteiger partial charge in [0, 0.05) is 31.2 Å². The van der Waals surface area contributed by atoms with Crippen molar-refractivity contribution in [1.29, 1.82) is 0 Å². The van der Waals surface area contributed by atoms with Crippen molar-refractivity contribution in [2.45, 2.75) is 44.9 Å². The Morgan fingerprint density at radius 1 is 1.15 bits per heavy atom. The van der Waals surface area contributed by atoms with Gasteiger partial charge in [-0.25, -0.2) is 9.67 Å². The minimum absolute atomic E-state index is 0.207. The molecular formula is C24H24N6O4. The van der Waals surface area contributed by atoms with Gasteiger partial charge < -0.3 is 9.64 Å². The van der Waals surface area contributed by atoms with Crippen LogP contribution in [0.1, 0.15) is 48.3 Å². The van der Waals surface area contributed by atoms with Crippen molar-refractivity contribution in [1.82, 2.24) is 30.2 Å². The van der Waals surface area contributed by atoms with Gasteiger partial charge in [0.15, 0.2) is 5.82 Å². The number of pyridine rings is 1. The summed E-state index contributed by atoms with van der Waals surface area (Å²) in [6.07, 6.45) is 2.33. The predicted octanol–water partition coefficient (Wildman–Crippen LogP) is 1.97. The standard InChI is InChI=1S/C24H24N6O4/c1-24(2,34-3)19-5-4-6-20(25-19)30-13-17(27-28-30)14-7-8-16-15(11-14)12-29(23(16)33)18-9-10-21(31)26-22(18)32/h4-8,11,13,18H,9-10,12H2,1-3H3,(H,26,31,32). The van der Waals surface area contributed by atoms with Gasteiger partial charge in [-0.1, -0.05) is 17.3 Å². The van der Waals surface area contributed by atoms with E-state index in [1.165, 1.54) is 4.90 Å². The number of methoxy groups -OCH3 is 1. The topological polar surface area (TPSA) is 119 Å². The van der Waals surface area contributed by atoms with Crippen LogP contribution in [-0.2, 0) is 26.5 Å². The molecule has 3 aromatic rings. The Balaban J connectivity index is 1.39. The lowest BCUT2D eigenvalue weighted by Crippen LogP contribution is -2.52. The van der Waals surface area contributed by atoms with E-state index in [9.17, 15) is 14.4 Å². The number of hydrogen-bond donors (Lipinski definition) is 1. The molecule has 174 valence electrons. The smallest absolute Gasteiger partial charge is 0.255 e. The molecule has 0 radical (unpaired) electrons. The second-order valence-corrected chi connectivity index (χ2v) is 8.92. The fourth-order valence-corrected chi connectivity index (χ4v) is 4.23. The molecule has 0 spiro atoms. The molecule has 0 aliphatic carbocycles. The molecule has 0 bridgehead atoms. The second-order valence-electron chi connectivity index (χ2n) is 8.92. The molecule has 1 atom stereocenters. The van der Waals surface area contributed by atoms with Gasteiger partial charge in [0.1, 0.15) is 17.3 Å². The van der Waals surface area contributed by atoms with Crippen molar-refractivity contribution in [2.24, 2.45) is 0 Å². The molecule has 2 aliphatic heterocycles. The first-order valence-electron chi connectivity index (χ1n) is 11.0. The van der Waals surface area contributed by atoms with Gasteiger partial charge in [-0.05, 0) is 50.1 Å². The summed E-state index contributed by atoms with van der Waals surface area (Å²) in [6, 6.07) is 10.4. The summed E-state index contributed by atoms with van der Waals surface area (Å²) in [4.78, 5) is 42.8. The number of amides is 3. The van der Waals surface area contributed by atoms with Crippen LogP contribution in [0.4, 0.5) is 0 Å². The number of carbonyl (C=O) groups is 3. The number of ether oxygens (including phenoxy) is 1. The number of hydrogen-bond acceptors (Lipinski definition) is 7. The quantitative estimate of drug-likeness (QED) is 0.578. The molecular weight excluding hydrogens is 436 g/mol. The molecule has 1 fully saturated rings. The molecule has 34 heavy (non-hydrogen) atoms. The fraction of sp³-hybridized carbons (Fsp3) is 0.333. The van der Waals surface area contributed by atoms with Crippen LogP contribution in [0.3, 0.4) is 0 Å². The van der Waals surface area contributed by atoms with E-state index in [2.05, 4.69) is 20.6 Å². The molecule has 0 saturated carbocycles. The van der Waals surface area contributed by atoms with E-state index in [1.54, 1.807) is 24.1 Å². The molecule has 3 amide bonds. The Hall–Kier alpha value is -3.92. The highest BCUT2D eigenvalue weighted by Crippen LogP contribution is 2.31. The zero-order valence-corrected chi connectivity index (χ0v) is 19.1. The molecule has 1 N–H and O–H groups in total. The largest absolute Gasteiger partial charge is 0.373 e. The third-order valence-corrected chi connectivity index (χ3v) is 6.41. The second kappa shape index (κ2) is 8.14. The number of aromatic nitrogens is 4. The molecule has 2 aliphatic rings. The molecule has 10 nitrogen and oxygen atoms in total. The number of piperidine rings is 1. The summed E-state index contributed by atoms with van der Waals surface area (Å²) >= 11 is 0. The first kappa shape index (κ1) is 21.9. The van der Waals surface area contributed by atoms with E-state index >= 15 is 0 Å². The number of imide groups is 1. The SMILES string of the molecule is COC(C)(C)c1cccc(-n2cc(-c3ccc4c(c3)CN(C3CCC(=O)NC3=O)C4=O)nn2)n1. The van der Waals surface area contributed by atoms with Crippen LogP contribution in [0.2, 0.25) is 0 Å². The van der Waals surface area contributed by atoms with Crippen molar-refractivity contribution in [3.63, 3.8) is 0 Å². The minimum Gasteiger partial charge on any atom is -0.373 e. The van der Waals surface area contributed by atoms with E-state index in [0.717, 1.165) is 16.8 Å². The average molecular weight is 460 g/mol.